The summed E-state index contributed by atoms with van der Waals surface area (Å²) in [4.78, 5) is 21.7. The van der Waals surface area contributed by atoms with E-state index >= 15 is 0 Å². The first kappa shape index (κ1) is 11.6. The number of carbonyl (C=O) groups excluding carboxylic acids is 2. The fraction of sp³-hybridized carbons (Fsp3) is 0.400. The Bertz CT molecular complexity index is 221. The molecule has 0 N–H and O–H groups in total. The maximum absolute atomic E-state index is 10.7. The first-order valence-corrected chi connectivity index (χ1v) is 4.14. The van der Waals surface area contributed by atoms with Gasteiger partial charge in [-0.1, -0.05) is 13.2 Å². The molecule has 0 radical (unpaired) electrons. The molecular weight excluding hydrogens is 166 g/mol. The van der Waals surface area contributed by atoms with Crippen LogP contribution < -0.4 is 0 Å². The Hall–Kier alpha value is -1.38. The zero-order valence-corrected chi connectivity index (χ0v) is 7.95. The summed E-state index contributed by atoms with van der Waals surface area (Å²) in [6.45, 7) is 9.33. The van der Waals surface area contributed by atoms with Crippen molar-refractivity contribution in [2.45, 2.75) is 19.8 Å². The van der Waals surface area contributed by atoms with Crippen LogP contribution >= 0.6 is 0 Å². The number of nitrogens with zero attached hydrogens (tertiary/aromatic N) is 1. The normalized spacial score (nSPS) is 14.5. The summed E-state index contributed by atoms with van der Waals surface area (Å²) in [6.07, 6.45) is 4.01. The summed E-state index contributed by atoms with van der Waals surface area (Å²) in [6, 6.07) is 0. The molecule has 1 rings (SSSR count). The van der Waals surface area contributed by atoms with Crippen molar-refractivity contribution in [2.75, 3.05) is 6.54 Å². The van der Waals surface area contributed by atoms with Crippen LogP contribution in [0.25, 0.3) is 0 Å². The molecule has 0 bridgehead atoms. The Kier molecular flexibility index (Phi) is 5.52. The van der Waals surface area contributed by atoms with Crippen molar-refractivity contribution in [2.24, 2.45) is 0 Å². The van der Waals surface area contributed by atoms with Gasteiger partial charge in [-0.25, -0.2) is 0 Å². The predicted molar refractivity (Wildman–Crippen MR) is 52.0 cm³/mol. The topological polar surface area (TPSA) is 37.4 Å². The highest BCUT2D eigenvalue weighted by Crippen LogP contribution is 2.08. The number of likely N-dealkylation sites (tertiary alicyclic amines) is 1. The van der Waals surface area contributed by atoms with Crippen LogP contribution in [0.15, 0.2) is 24.9 Å². The fourth-order valence-electron chi connectivity index (χ4n) is 0.862. The Labute approximate surface area is 78.7 Å². The fourth-order valence-corrected chi connectivity index (χ4v) is 0.862. The minimum atomic E-state index is 0.208. The number of hydrogen-bond acceptors (Lipinski definition) is 2. The van der Waals surface area contributed by atoms with Crippen molar-refractivity contribution in [3.8, 4) is 0 Å². The van der Waals surface area contributed by atoms with Gasteiger partial charge in [-0.2, -0.15) is 0 Å². The number of carbonyl (C=O) groups is 2. The van der Waals surface area contributed by atoms with Gasteiger partial charge in [0.15, 0.2) is 0 Å². The van der Waals surface area contributed by atoms with Crippen molar-refractivity contribution in [1.29, 1.82) is 0 Å². The summed E-state index contributed by atoms with van der Waals surface area (Å²) >= 11 is 0. The molecule has 0 aromatic carbocycles. The van der Waals surface area contributed by atoms with E-state index in [1.165, 1.54) is 0 Å². The van der Waals surface area contributed by atoms with Gasteiger partial charge in [0.1, 0.15) is 6.29 Å². The number of rotatable bonds is 2. The summed E-state index contributed by atoms with van der Waals surface area (Å²) in [5.74, 6) is 0.208. The van der Waals surface area contributed by atoms with E-state index in [0.717, 1.165) is 19.3 Å². The average Bonchev–Trinajstić information content (AvgIpc) is 2.52. The molecule has 1 saturated heterocycles. The second-order valence-electron chi connectivity index (χ2n) is 2.84. The van der Waals surface area contributed by atoms with E-state index in [4.69, 9.17) is 0 Å². The Balaban J connectivity index is 0.000000252. The van der Waals surface area contributed by atoms with Gasteiger partial charge in [0.25, 0.3) is 0 Å². The zero-order chi connectivity index (χ0) is 10.3. The van der Waals surface area contributed by atoms with Crippen molar-refractivity contribution in [3.63, 3.8) is 0 Å². The van der Waals surface area contributed by atoms with Crippen LogP contribution in [0.3, 0.4) is 0 Å². The van der Waals surface area contributed by atoms with Crippen LogP contribution in [0.1, 0.15) is 19.8 Å². The Morgan fingerprint density at radius 1 is 1.62 bits per heavy atom. The molecule has 0 aromatic heterocycles. The Morgan fingerprint density at radius 3 is 2.31 bits per heavy atom. The molecule has 1 amide bonds. The SMILES string of the molecule is C=C(C)C=O.C=CN1CCCC1=O. The first-order chi connectivity index (χ1) is 6.11. The second kappa shape index (κ2) is 6.17. The smallest absolute Gasteiger partial charge is 0.226 e. The van der Waals surface area contributed by atoms with Crippen LogP contribution in [0, 0.1) is 0 Å². The van der Waals surface area contributed by atoms with E-state index in [-0.39, 0.29) is 5.91 Å². The van der Waals surface area contributed by atoms with Crippen LogP contribution in [0.5, 0.6) is 0 Å². The quantitative estimate of drug-likeness (QED) is 0.478. The lowest BCUT2D eigenvalue weighted by atomic mass is 10.4. The lowest BCUT2D eigenvalue weighted by Gasteiger charge is -2.05. The van der Waals surface area contributed by atoms with Gasteiger partial charge >= 0.3 is 0 Å². The van der Waals surface area contributed by atoms with Crippen molar-refractivity contribution in [3.05, 3.63) is 24.9 Å². The number of allylic oxidation sites excluding steroid dienone is 1. The average molecular weight is 181 g/mol. The van der Waals surface area contributed by atoms with E-state index < -0.39 is 0 Å². The largest absolute Gasteiger partial charge is 0.320 e. The maximum atomic E-state index is 10.7. The third-order valence-corrected chi connectivity index (χ3v) is 1.53. The minimum absolute atomic E-state index is 0.208. The van der Waals surface area contributed by atoms with Gasteiger partial charge in [0.2, 0.25) is 5.91 Å². The second-order valence-corrected chi connectivity index (χ2v) is 2.84. The van der Waals surface area contributed by atoms with E-state index in [1.54, 1.807) is 18.0 Å². The molecule has 0 saturated carbocycles. The van der Waals surface area contributed by atoms with Crippen molar-refractivity contribution < 1.29 is 9.59 Å². The summed E-state index contributed by atoms with van der Waals surface area (Å²) < 4.78 is 0. The molecule has 13 heavy (non-hydrogen) atoms. The molecule has 0 aromatic rings. The summed E-state index contributed by atoms with van der Waals surface area (Å²) in [5.41, 5.74) is 0.574. The monoisotopic (exact) mass is 181 g/mol. The highest BCUT2D eigenvalue weighted by molar-refractivity contribution is 5.78. The molecule has 3 heteroatoms. The van der Waals surface area contributed by atoms with E-state index in [1.807, 2.05) is 0 Å². The number of hydrogen-bond donors (Lipinski definition) is 0. The molecule has 1 fully saturated rings. The molecule has 1 aliphatic rings. The molecule has 0 spiro atoms. The summed E-state index contributed by atoms with van der Waals surface area (Å²) in [5, 5.41) is 0. The maximum Gasteiger partial charge on any atom is 0.226 e. The number of amides is 1. The van der Waals surface area contributed by atoms with Crippen molar-refractivity contribution in [1.82, 2.24) is 4.90 Å². The van der Waals surface area contributed by atoms with Gasteiger partial charge in [-0.15, -0.1) is 0 Å². The van der Waals surface area contributed by atoms with Gasteiger partial charge in [0, 0.05) is 13.0 Å². The van der Waals surface area contributed by atoms with Gasteiger partial charge < -0.3 is 4.90 Å². The van der Waals surface area contributed by atoms with Crippen LogP contribution in [-0.2, 0) is 9.59 Å². The molecule has 0 atom stereocenters. The van der Waals surface area contributed by atoms with Gasteiger partial charge in [-0.05, 0) is 25.1 Å². The van der Waals surface area contributed by atoms with Crippen LogP contribution in [0.4, 0.5) is 0 Å². The lowest BCUT2D eigenvalue weighted by molar-refractivity contribution is -0.125. The summed E-state index contributed by atoms with van der Waals surface area (Å²) in [7, 11) is 0. The first-order valence-electron chi connectivity index (χ1n) is 4.14. The molecule has 0 aliphatic carbocycles. The zero-order valence-electron chi connectivity index (χ0n) is 7.95. The van der Waals surface area contributed by atoms with E-state index in [0.29, 0.717) is 12.0 Å². The molecule has 1 heterocycles. The minimum Gasteiger partial charge on any atom is -0.320 e. The van der Waals surface area contributed by atoms with Gasteiger partial charge in [0.05, 0.1) is 0 Å². The van der Waals surface area contributed by atoms with Crippen molar-refractivity contribution >= 4 is 12.2 Å². The Morgan fingerprint density at radius 2 is 2.15 bits per heavy atom. The standard InChI is InChI=1S/C6H9NO.C4H6O/c1-2-7-5-3-4-6(7)8;1-4(2)3-5/h2H,1,3-5H2;3H,1H2,2H3. The van der Waals surface area contributed by atoms with Crippen LogP contribution in [-0.4, -0.2) is 23.6 Å². The predicted octanol–water partition coefficient (Wildman–Crippen LogP) is 1.51. The molecule has 3 nitrogen and oxygen atoms in total. The molecule has 72 valence electrons. The van der Waals surface area contributed by atoms with Crippen LogP contribution in [0.2, 0.25) is 0 Å². The third-order valence-electron chi connectivity index (χ3n) is 1.53. The molecule has 1 aliphatic heterocycles. The van der Waals surface area contributed by atoms with E-state index in [2.05, 4.69) is 13.2 Å². The number of aldehydes is 1. The van der Waals surface area contributed by atoms with E-state index in [9.17, 15) is 9.59 Å². The molecule has 0 unspecified atom stereocenters. The molecular formula is C10H15NO2. The highest BCUT2D eigenvalue weighted by Gasteiger charge is 2.15. The lowest BCUT2D eigenvalue weighted by Crippen LogP contribution is -2.16. The van der Waals surface area contributed by atoms with Gasteiger partial charge in [-0.3, -0.25) is 9.59 Å². The highest BCUT2D eigenvalue weighted by atomic mass is 16.2. The third kappa shape index (κ3) is 4.95.